The summed E-state index contributed by atoms with van der Waals surface area (Å²) in [7, 11) is 0. The Morgan fingerprint density at radius 2 is 1.88 bits per heavy atom. The topological polar surface area (TPSA) is 62.7 Å². The Bertz CT molecular complexity index is 722. The fourth-order valence-corrected chi connectivity index (χ4v) is 2.87. The number of benzene rings is 1. The van der Waals surface area contributed by atoms with E-state index in [4.69, 9.17) is 17.3 Å². The number of guanidine groups is 1. The zero-order chi connectivity index (χ0) is 17.8. The molecule has 6 nitrogen and oxygen atoms in total. The van der Waals surface area contributed by atoms with Gasteiger partial charge in [0.15, 0.2) is 5.96 Å². The van der Waals surface area contributed by atoms with Gasteiger partial charge in [-0.25, -0.2) is 9.98 Å². The first-order chi connectivity index (χ1) is 12.0. The Labute approximate surface area is 149 Å². The summed E-state index contributed by atoms with van der Waals surface area (Å²) >= 11 is 5.91. The monoisotopic (exact) mass is 368 g/mol. The molecule has 3 rings (SSSR count). The van der Waals surface area contributed by atoms with Crippen LogP contribution in [0.2, 0.25) is 5.02 Å². The third-order valence-electron chi connectivity index (χ3n) is 4.14. The van der Waals surface area contributed by atoms with Gasteiger partial charge in [-0.1, -0.05) is 11.6 Å². The molecule has 0 spiro atoms. The van der Waals surface area contributed by atoms with Crippen LogP contribution in [0.5, 0.6) is 0 Å². The van der Waals surface area contributed by atoms with Gasteiger partial charge in [-0.2, -0.15) is 8.78 Å². The number of anilines is 1. The fourth-order valence-electron chi connectivity index (χ4n) is 2.74. The van der Waals surface area contributed by atoms with E-state index < -0.39 is 6.55 Å². The molecular weight excluding hydrogens is 350 g/mol. The summed E-state index contributed by atoms with van der Waals surface area (Å²) < 4.78 is 26.4. The van der Waals surface area contributed by atoms with Crippen molar-refractivity contribution in [2.75, 3.05) is 31.1 Å². The number of nitrogens with zero attached hydrogens (tertiary/aromatic N) is 5. The zero-order valence-corrected chi connectivity index (χ0v) is 14.3. The maximum absolute atomic E-state index is 12.8. The van der Waals surface area contributed by atoms with Crippen LogP contribution in [0.4, 0.5) is 14.5 Å². The molecule has 25 heavy (non-hydrogen) atoms. The van der Waals surface area contributed by atoms with E-state index in [-0.39, 0.29) is 12.4 Å². The molecule has 9 heteroatoms. The van der Waals surface area contributed by atoms with Crippen molar-refractivity contribution in [2.24, 2.45) is 10.7 Å². The van der Waals surface area contributed by atoms with Crippen molar-refractivity contribution in [3.63, 3.8) is 0 Å². The average molecular weight is 369 g/mol. The summed E-state index contributed by atoms with van der Waals surface area (Å²) in [6, 6.07) is 7.70. The molecule has 0 aliphatic carbocycles. The molecule has 0 saturated carbocycles. The van der Waals surface area contributed by atoms with Crippen LogP contribution >= 0.6 is 11.6 Å². The summed E-state index contributed by atoms with van der Waals surface area (Å²) in [5, 5.41) is 0.709. The number of rotatable bonds is 4. The van der Waals surface area contributed by atoms with Crippen LogP contribution in [0.25, 0.3) is 0 Å². The summed E-state index contributed by atoms with van der Waals surface area (Å²) in [5.41, 5.74) is 7.12. The van der Waals surface area contributed by atoms with Gasteiger partial charge in [0.2, 0.25) is 0 Å². The van der Waals surface area contributed by atoms with Gasteiger partial charge >= 0.3 is 6.55 Å². The van der Waals surface area contributed by atoms with E-state index >= 15 is 0 Å². The molecule has 0 atom stereocenters. The molecule has 0 unspecified atom stereocenters. The Morgan fingerprint density at radius 3 is 2.52 bits per heavy atom. The van der Waals surface area contributed by atoms with Crippen LogP contribution in [0.3, 0.4) is 0 Å². The van der Waals surface area contributed by atoms with Crippen LogP contribution in [0.1, 0.15) is 12.4 Å². The first-order valence-corrected chi connectivity index (χ1v) is 8.27. The largest absolute Gasteiger partial charge is 0.370 e. The quantitative estimate of drug-likeness (QED) is 0.665. The normalized spacial score (nSPS) is 15.9. The number of hydrogen-bond donors (Lipinski definition) is 1. The van der Waals surface area contributed by atoms with E-state index in [0.717, 1.165) is 23.3 Å². The first kappa shape index (κ1) is 17.5. The number of imidazole rings is 1. The maximum Gasteiger partial charge on any atom is 0.319 e. The van der Waals surface area contributed by atoms with Gasteiger partial charge < -0.3 is 15.5 Å². The van der Waals surface area contributed by atoms with Gasteiger partial charge in [0, 0.05) is 49.3 Å². The molecule has 0 bridgehead atoms. The number of nitrogens with two attached hydrogens (primary N) is 1. The molecule has 0 amide bonds. The standard InChI is InChI=1S/C16H19ClF2N6/c17-12-1-3-13(4-2-12)23-7-9-24(10-8-23)16(20)22-11-14-21-5-6-25(14)15(18)19/h1-6,15H,7-11H2,(H2,20,22). The molecule has 134 valence electrons. The predicted molar refractivity (Wildman–Crippen MR) is 94.0 cm³/mol. The summed E-state index contributed by atoms with van der Waals surface area (Å²) in [4.78, 5) is 12.3. The molecule has 2 aromatic rings. The van der Waals surface area contributed by atoms with E-state index in [1.807, 2.05) is 29.2 Å². The van der Waals surface area contributed by atoms with E-state index in [1.165, 1.54) is 12.4 Å². The number of aromatic nitrogens is 2. The smallest absolute Gasteiger partial charge is 0.319 e. The number of alkyl halides is 2. The molecule has 2 N–H and O–H groups in total. The van der Waals surface area contributed by atoms with Crippen LogP contribution in [0, 0.1) is 0 Å². The molecule has 1 fully saturated rings. The van der Waals surface area contributed by atoms with E-state index in [0.29, 0.717) is 24.1 Å². The second-order valence-corrected chi connectivity index (χ2v) is 6.09. The van der Waals surface area contributed by atoms with Gasteiger partial charge in [-0.05, 0) is 24.3 Å². The lowest BCUT2D eigenvalue weighted by atomic mass is 10.2. The average Bonchev–Trinajstić information content (AvgIpc) is 3.09. The lowest BCUT2D eigenvalue weighted by Gasteiger charge is -2.36. The predicted octanol–water partition coefficient (Wildman–Crippen LogP) is 2.57. The lowest BCUT2D eigenvalue weighted by molar-refractivity contribution is 0.0671. The van der Waals surface area contributed by atoms with Crippen molar-refractivity contribution >= 4 is 23.2 Å². The Morgan fingerprint density at radius 1 is 1.20 bits per heavy atom. The highest BCUT2D eigenvalue weighted by molar-refractivity contribution is 6.30. The minimum atomic E-state index is -2.63. The Balaban J connectivity index is 1.56. The van der Waals surface area contributed by atoms with Crippen LogP contribution in [-0.4, -0.2) is 46.6 Å². The van der Waals surface area contributed by atoms with E-state index in [2.05, 4.69) is 14.9 Å². The molecular formula is C16H19ClF2N6. The third-order valence-corrected chi connectivity index (χ3v) is 4.39. The SMILES string of the molecule is NC(=NCc1nccn1C(F)F)N1CCN(c2ccc(Cl)cc2)CC1. The molecule has 1 saturated heterocycles. The number of piperazine rings is 1. The molecule has 1 aliphatic rings. The highest BCUT2D eigenvalue weighted by atomic mass is 35.5. The third kappa shape index (κ3) is 4.19. The van der Waals surface area contributed by atoms with Crippen molar-refractivity contribution in [2.45, 2.75) is 13.1 Å². The van der Waals surface area contributed by atoms with Crippen molar-refractivity contribution < 1.29 is 8.78 Å². The zero-order valence-electron chi connectivity index (χ0n) is 13.5. The maximum atomic E-state index is 12.8. The van der Waals surface area contributed by atoms with Gasteiger partial charge in [0.25, 0.3) is 0 Å². The van der Waals surface area contributed by atoms with Gasteiger partial charge in [-0.3, -0.25) is 4.57 Å². The van der Waals surface area contributed by atoms with Gasteiger partial charge in [0.05, 0.1) is 0 Å². The van der Waals surface area contributed by atoms with Crippen molar-refractivity contribution in [1.29, 1.82) is 0 Å². The Kier molecular flexibility index (Phi) is 5.37. The Hall–Kier alpha value is -2.35. The van der Waals surface area contributed by atoms with Gasteiger partial charge in [0.1, 0.15) is 12.4 Å². The summed E-state index contributed by atoms with van der Waals surface area (Å²) in [5.74, 6) is 0.539. The van der Waals surface area contributed by atoms with Crippen LogP contribution in [0.15, 0.2) is 41.7 Å². The fraction of sp³-hybridized carbons (Fsp3) is 0.375. The van der Waals surface area contributed by atoms with Crippen molar-refractivity contribution in [1.82, 2.24) is 14.5 Å². The number of hydrogen-bond acceptors (Lipinski definition) is 3. The van der Waals surface area contributed by atoms with Crippen molar-refractivity contribution in [3.05, 3.63) is 47.5 Å². The summed E-state index contributed by atoms with van der Waals surface area (Å²) in [6.07, 6.45) is 2.56. The lowest BCUT2D eigenvalue weighted by Crippen LogP contribution is -2.51. The molecule has 0 radical (unpaired) electrons. The van der Waals surface area contributed by atoms with Crippen LogP contribution in [-0.2, 0) is 6.54 Å². The number of aliphatic imine (C=N–C) groups is 1. The molecule has 1 aromatic carbocycles. The highest BCUT2D eigenvalue weighted by Crippen LogP contribution is 2.19. The first-order valence-electron chi connectivity index (χ1n) is 7.90. The van der Waals surface area contributed by atoms with Crippen LogP contribution < -0.4 is 10.6 Å². The van der Waals surface area contributed by atoms with Gasteiger partial charge in [-0.15, -0.1) is 0 Å². The van der Waals surface area contributed by atoms with E-state index in [1.54, 1.807) is 0 Å². The highest BCUT2D eigenvalue weighted by Gasteiger charge is 2.19. The summed E-state index contributed by atoms with van der Waals surface area (Å²) in [6.45, 7) is 0.410. The second kappa shape index (κ2) is 7.69. The second-order valence-electron chi connectivity index (χ2n) is 5.65. The molecule has 1 aromatic heterocycles. The molecule has 1 aliphatic heterocycles. The minimum Gasteiger partial charge on any atom is -0.370 e. The molecule has 2 heterocycles. The van der Waals surface area contributed by atoms with E-state index in [9.17, 15) is 8.78 Å². The van der Waals surface area contributed by atoms with Crippen molar-refractivity contribution in [3.8, 4) is 0 Å². The number of halogens is 3. The minimum absolute atomic E-state index is 0.0283.